The van der Waals surface area contributed by atoms with Gasteiger partial charge in [-0.3, -0.25) is 0 Å². The van der Waals surface area contributed by atoms with E-state index in [2.05, 4.69) is 280 Å². The number of para-hydroxylation sites is 8. The maximum Gasteiger partial charge on any atom is 0.187 e. The number of benzene rings is 9. The molecule has 2 unspecified atom stereocenters. The number of allylic oxidation sites excluding steroid dienone is 4. The first kappa shape index (κ1) is 44.2. The molecule has 72 heavy (non-hydrogen) atoms. The summed E-state index contributed by atoms with van der Waals surface area (Å²) in [5.41, 5.74) is 15.4. The van der Waals surface area contributed by atoms with Crippen molar-refractivity contribution in [3.05, 3.63) is 231 Å². The van der Waals surface area contributed by atoms with Gasteiger partial charge in [-0.2, -0.15) is 0 Å². The Morgan fingerprint density at radius 2 is 0.667 bits per heavy atom. The first-order valence-electron chi connectivity index (χ1n) is 25.4. The second kappa shape index (κ2) is 19.4. The van der Waals surface area contributed by atoms with Crippen molar-refractivity contribution in [2.45, 2.75) is 19.8 Å². The Bertz CT molecular complexity index is 3800. The minimum absolute atomic E-state index is 0.364. The van der Waals surface area contributed by atoms with Crippen LogP contribution < -0.4 is 0 Å². The van der Waals surface area contributed by atoms with Crippen molar-refractivity contribution in [1.82, 2.24) is 18.3 Å². The van der Waals surface area contributed by atoms with E-state index in [1.807, 2.05) is 0 Å². The summed E-state index contributed by atoms with van der Waals surface area (Å²) >= 11 is 0. The predicted molar refractivity (Wildman–Crippen MR) is 318 cm³/mol. The van der Waals surface area contributed by atoms with E-state index in [0.29, 0.717) is 11.8 Å². The third-order valence-electron chi connectivity index (χ3n) is 14.5. The van der Waals surface area contributed by atoms with Crippen LogP contribution in [0.3, 0.4) is 0 Å². The zero-order chi connectivity index (χ0) is 49.4. The van der Waals surface area contributed by atoms with Gasteiger partial charge in [-0.05, 0) is 91.7 Å². The van der Waals surface area contributed by atoms with Gasteiger partial charge in [0.15, 0.2) is 1.41 Å². The molecule has 5 nitrogen and oxygen atoms in total. The van der Waals surface area contributed by atoms with Crippen LogP contribution in [-0.4, -0.2) is 30.4 Å². The quantitative estimate of drug-likeness (QED) is 0.135. The van der Waals surface area contributed by atoms with E-state index in [1.165, 1.54) is 135 Å². The maximum atomic E-state index is 6.00. The first-order chi connectivity index (χ1) is 36.1. The maximum absolute atomic E-state index is 6.00. The van der Waals surface area contributed by atoms with Crippen LogP contribution in [0.4, 0.5) is 0 Å². The Hall–Kier alpha value is -7.81. The molecule has 0 amide bonds. The van der Waals surface area contributed by atoms with Crippen molar-refractivity contribution < 1.29 is 1.41 Å². The van der Waals surface area contributed by atoms with Gasteiger partial charge in [0.25, 0.3) is 0 Å². The predicted octanol–water partition coefficient (Wildman–Crippen LogP) is 17.6. The van der Waals surface area contributed by atoms with Gasteiger partial charge in [-0.1, -0.05) is 180 Å². The lowest BCUT2D eigenvalue weighted by atomic mass is 9.76. The Morgan fingerprint density at radius 3 is 0.917 bits per heavy atom. The van der Waals surface area contributed by atoms with Crippen molar-refractivity contribution >= 4 is 123 Å². The molecule has 1 N–H and O–H groups in total. The van der Waals surface area contributed by atoms with Crippen LogP contribution in [0, 0.1) is 17.2 Å². The van der Waals surface area contributed by atoms with Gasteiger partial charge in [0.05, 0.1) is 44.1 Å². The highest BCUT2D eigenvalue weighted by Gasteiger charge is 2.35. The van der Waals surface area contributed by atoms with Crippen LogP contribution >= 0.6 is 18.5 Å². The number of nitrogens with one attached hydrogen (secondary N) is 1. The third kappa shape index (κ3) is 7.59. The number of fused-ring (bicyclic) bond motifs is 13. The molecule has 0 saturated heterocycles. The Balaban J connectivity index is 0.000000132. The molecule has 350 valence electrons. The Kier molecular flexibility index (Phi) is 11.9. The lowest BCUT2D eigenvalue weighted by Crippen LogP contribution is -2.25. The molecule has 0 aliphatic heterocycles. The molecule has 3 aliphatic rings. The van der Waals surface area contributed by atoms with Crippen LogP contribution in [0.2, 0.25) is 1.41 Å². The summed E-state index contributed by atoms with van der Waals surface area (Å²) in [5.74, 6) is 2.17. The number of hydrogen-bond acceptors (Lipinski definition) is 1. The average Bonchev–Trinajstić information content (AvgIpc) is 4.19. The monoisotopic (exact) mass is 968 g/mol. The first-order valence-corrected chi connectivity index (χ1v) is 26.5. The van der Waals surface area contributed by atoms with Crippen molar-refractivity contribution in [3.63, 3.8) is 0 Å². The molecule has 0 saturated carbocycles. The average molecular weight is 969 g/mol. The Morgan fingerprint density at radius 1 is 0.417 bits per heavy atom. The SMILES string of the molecule is C1=C(n2c3ccccc3c3ccccc32)C2CCC1C=C2n1c2ccccc2c2ccccc21.CCP.[2H]N=CP.c1cc(-n2c3ccccc3c3ccccc32)cc(-n2c3ccccc3c3ccccc32)c1. The smallest absolute Gasteiger partial charge is 0.187 e. The highest BCUT2D eigenvalue weighted by molar-refractivity contribution is 7.36. The van der Waals surface area contributed by atoms with Crippen molar-refractivity contribution in [2.24, 2.45) is 11.8 Å². The van der Waals surface area contributed by atoms with Gasteiger partial charge in [0.1, 0.15) is 0 Å². The van der Waals surface area contributed by atoms with Crippen LogP contribution in [-0.2, 0) is 0 Å². The molecular formula is C65H55N5P2. The number of nitrogens with zero attached hydrogens (tertiary/aromatic N) is 4. The summed E-state index contributed by atoms with van der Waals surface area (Å²) in [7, 11) is 4.75. The second-order valence-electron chi connectivity index (χ2n) is 18.5. The van der Waals surface area contributed by atoms with Crippen LogP contribution in [0.15, 0.2) is 231 Å². The summed E-state index contributed by atoms with van der Waals surface area (Å²) in [4.78, 5) is 0. The summed E-state index contributed by atoms with van der Waals surface area (Å²) in [6.07, 6.45) is 8.64. The van der Waals surface area contributed by atoms with Gasteiger partial charge >= 0.3 is 0 Å². The molecule has 0 spiro atoms. The molecule has 9 aromatic carbocycles. The standard InChI is InChI=1S/C32H24N2.C30H20N2.C2H7P.CH4NP/c1-5-13-27-22(9-1)23-10-2-6-14-28(23)33(27)31-19-21-17-18-26(31)32(20-21)34-29-15-7-3-11-24(29)25-12-4-8-16-30(25)34;1-5-16-27-23(12-1)24-13-2-6-17-28(24)31(27)21-10-9-11-22(20-21)32-29-18-7-3-14-25(29)26-15-4-8-19-30(26)32;1-2-3;2-1-3/h1-16,19-21,26H,17-18H2;1-20H;2-3H2,1H3;1-2H,3H2/i/hD. The highest BCUT2D eigenvalue weighted by Crippen LogP contribution is 2.49. The minimum Gasteiger partial charge on any atom is -0.313 e. The number of rotatable bonds is 4. The van der Waals surface area contributed by atoms with E-state index in [0.717, 1.165) is 0 Å². The molecule has 2 atom stereocenters. The van der Waals surface area contributed by atoms with Crippen LogP contribution in [0.1, 0.15) is 19.8 Å². The van der Waals surface area contributed by atoms with Crippen LogP contribution in [0.25, 0.3) is 110 Å². The van der Waals surface area contributed by atoms with E-state index in [-0.39, 0.29) is 0 Å². The third-order valence-corrected chi connectivity index (χ3v) is 14.5. The molecule has 3 aliphatic carbocycles. The van der Waals surface area contributed by atoms with E-state index < -0.39 is 0 Å². The van der Waals surface area contributed by atoms with Gasteiger partial charge in [-0.15, -0.1) is 9.24 Å². The molecule has 4 heterocycles. The van der Waals surface area contributed by atoms with Gasteiger partial charge < -0.3 is 23.7 Å². The molecule has 2 bridgehead atoms. The van der Waals surface area contributed by atoms with E-state index >= 15 is 0 Å². The zero-order valence-corrected chi connectivity index (χ0v) is 42.5. The largest absolute Gasteiger partial charge is 0.313 e. The van der Waals surface area contributed by atoms with E-state index in [9.17, 15) is 0 Å². The fourth-order valence-corrected chi connectivity index (χ4v) is 11.7. The molecule has 4 aromatic heterocycles. The number of aromatic nitrogens is 4. The normalized spacial score (nSPS) is 15.4. The second-order valence-corrected chi connectivity index (χ2v) is 19.6. The van der Waals surface area contributed by atoms with Crippen molar-refractivity contribution in [2.75, 3.05) is 6.16 Å². The van der Waals surface area contributed by atoms with E-state index in [4.69, 9.17) is 1.41 Å². The molecular weight excluding hydrogens is 913 g/mol. The molecule has 7 heteroatoms. The highest BCUT2D eigenvalue weighted by atomic mass is 31.0. The van der Waals surface area contributed by atoms with Crippen molar-refractivity contribution in [3.8, 4) is 11.4 Å². The van der Waals surface area contributed by atoms with Crippen LogP contribution in [0.5, 0.6) is 0 Å². The summed E-state index contributed by atoms with van der Waals surface area (Å²) in [6, 6.07) is 79.0. The topological polar surface area (TPSA) is 43.6 Å². The molecule has 0 radical (unpaired) electrons. The fourth-order valence-electron chi connectivity index (χ4n) is 11.7. The van der Waals surface area contributed by atoms with Crippen molar-refractivity contribution in [1.29, 1.82) is 5.40 Å². The minimum atomic E-state index is 0.364. The van der Waals surface area contributed by atoms with E-state index in [1.54, 1.807) is 0 Å². The summed E-state index contributed by atoms with van der Waals surface area (Å²) in [5, 5.41) is 13.3. The van der Waals surface area contributed by atoms with Gasteiger partial charge in [0.2, 0.25) is 0 Å². The summed E-state index contributed by atoms with van der Waals surface area (Å²) < 4.78 is 15.8. The molecule has 0 fully saturated rings. The summed E-state index contributed by atoms with van der Waals surface area (Å²) in [6.45, 7) is 2.09. The fraction of sp³-hybridized carbons (Fsp3) is 0.0923. The molecule has 13 aromatic rings. The lowest BCUT2D eigenvalue weighted by Gasteiger charge is -2.37. The van der Waals surface area contributed by atoms with Gasteiger partial charge in [0, 0.05) is 77.7 Å². The van der Waals surface area contributed by atoms with Gasteiger partial charge in [-0.25, -0.2) is 0 Å². The molecule has 16 rings (SSSR count). The zero-order valence-electron chi connectivity index (χ0n) is 41.2. The lowest BCUT2D eigenvalue weighted by molar-refractivity contribution is 0.531. The Labute approximate surface area is 425 Å². The number of hydrogen-bond donors (Lipinski definition) is 1.